The Bertz CT molecular complexity index is 941. The Morgan fingerprint density at radius 2 is 1.85 bits per heavy atom. The van der Waals surface area contributed by atoms with E-state index in [0.29, 0.717) is 0 Å². The number of amides is 1. The highest BCUT2D eigenvalue weighted by Crippen LogP contribution is 2.28. The van der Waals surface area contributed by atoms with E-state index in [1.165, 1.54) is 19.2 Å². The third kappa shape index (κ3) is 4.88. The SMILES string of the molecule is COc1ccc(C(=O)NC(C)c2ccc(Br)cc2)cc1S(=O)(=O)NC1CC1. The molecule has 8 heteroatoms. The summed E-state index contributed by atoms with van der Waals surface area (Å²) in [6, 6.07) is 11.8. The molecule has 1 aliphatic rings. The molecule has 1 unspecified atom stereocenters. The van der Waals surface area contributed by atoms with Gasteiger partial charge in [-0.05, 0) is 55.7 Å². The van der Waals surface area contributed by atoms with Gasteiger partial charge in [-0.1, -0.05) is 28.1 Å². The lowest BCUT2D eigenvalue weighted by Crippen LogP contribution is -2.28. The van der Waals surface area contributed by atoms with Gasteiger partial charge in [0.05, 0.1) is 13.2 Å². The smallest absolute Gasteiger partial charge is 0.251 e. The minimum Gasteiger partial charge on any atom is -0.495 e. The number of rotatable bonds is 7. The van der Waals surface area contributed by atoms with Crippen LogP contribution in [0.5, 0.6) is 5.75 Å². The quantitative estimate of drug-likeness (QED) is 0.673. The molecule has 0 saturated heterocycles. The molecule has 3 rings (SSSR count). The zero-order chi connectivity index (χ0) is 19.6. The van der Waals surface area contributed by atoms with Crippen molar-refractivity contribution in [2.75, 3.05) is 7.11 Å². The molecule has 2 aromatic rings. The first-order valence-electron chi connectivity index (χ1n) is 8.57. The van der Waals surface area contributed by atoms with E-state index in [1.54, 1.807) is 6.07 Å². The first-order valence-corrected chi connectivity index (χ1v) is 10.8. The number of nitrogens with one attached hydrogen (secondary N) is 2. The maximum Gasteiger partial charge on any atom is 0.251 e. The van der Waals surface area contributed by atoms with Gasteiger partial charge in [0, 0.05) is 16.1 Å². The molecule has 1 atom stereocenters. The summed E-state index contributed by atoms with van der Waals surface area (Å²) in [5.74, 6) is -0.142. The second-order valence-electron chi connectivity index (χ2n) is 6.51. The maximum atomic E-state index is 12.6. The van der Waals surface area contributed by atoms with Crippen LogP contribution in [-0.4, -0.2) is 27.5 Å². The van der Waals surface area contributed by atoms with Gasteiger partial charge in [0.15, 0.2) is 0 Å². The Morgan fingerprint density at radius 3 is 2.44 bits per heavy atom. The molecule has 1 fully saturated rings. The van der Waals surface area contributed by atoms with Crippen LogP contribution in [0.15, 0.2) is 51.8 Å². The zero-order valence-electron chi connectivity index (χ0n) is 15.0. The monoisotopic (exact) mass is 452 g/mol. The largest absolute Gasteiger partial charge is 0.495 e. The van der Waals surface area contributed by atoms with Gasteiger partial charge in [-0.3, -0.25) is 4.79 Å². The van der Waals surface area contributed by atoms with Crippen LogP contribution in [0.1, 0.15) is 41.7 Å². The van der Waals surface area contributed by atoms with Gasteiger partial charge in [-0.25, -0.2) is 13.1 Å². The van der Waals surface area contributed by atoms with Crippen LogP contribution in [0.3, 0.4) is 0 Å². The lowest BCUT2D eigenvalue weighted by Gasteiger charge is -2.16. The first-order chi connectivity index (χ1) is 12.8. The summed E-state index contributed by atoms with van der Waals surface area (Å²) in [4.78, 5) is 12.6. The summed E-state index contributed by atoms with van der Waals surface area (Å²) >= 11 is 3.38. The number of halogens is 1. The van der Waals surface area contributed by atoms with E-state index in [0.717, 1.165) is 22.9 Å². The number of carbonyl (C=O) groups excluding carboxylic acids is 1. The molecule has 0 radical (unpaired) electrons. The van der Waals surface area contributed by atoms with E-state index in [9.17, 15) is 13.2 Å². The molecule has 0 heterocycles. The molecule has 144 valence electrons. The lowest BCUT2D eigenvalue weighted by atomic mass is 10.1. The fourth-order valence-corrected chi connectivity index (χ4v) is 4.39. The number of sulfonamides is 1. The van der Waals surface area contributed by atoms with Crippen molar-refractivity contribution in [2.24, 2.45) is 0 Å². The molecule has 27 heavy (non-hydrogen) atoms. The van der Waals surface area contributed by atoms with Crippen molar-refractivity contribution in [3.63, 3.8) is 0 Å². The summed E-state index contributed by atoms with van der Waals surface area (Å²) in [7, 11) is -2.34. The van der Waals surface area contributed by atoms with Crippen molar-refractivity contribution in [1.29, 1.82) is 0 Å². The molecule has 1 amide bonds. The van der Waals surface area contributed by atoms with Crippen molar-refractivity contribution in [1.82, 2.24) is 10.0 Å². The summed E-state index contributed by atoms with van der Waals surface area (Å²) < 4.78 is 33.9. The second-order valence-corrected chi connectivity index (χ2v) is 9.11. The molecular formula is C19H21BrN2O4S. The van der Waals surface area contributed by atoms with Gasteiger partial charge < -0.3 is 10.1 Å². The molecular weight excluding hydrogens is 432 g/mol. The molecule has 0 spiro atoms. The maximum absolute atomic E-state index is 12.6. The Morgan fingerprint density at radius 1 is 1.19 bits per heavy atom. The topological polar surface area (TPSA) is 84.5 Å². The van der Waals surface area contributed by atoms with Crippen LogP contribution < -0.4 is 14.8 Å². The van der Waals surface area contributed by atoms with Crippen LogP contribution >= 0.6 is 15.9 Å². The molecule has 0 aliphatic heterocycles. The first kappa shape index (κ1) is 19.9. The van der Waals surface area contributed by atoms with E-state index >= 15 is 0 Å². The molecule has 0 aromatic heterocycles. The summed E-state index contributed by atoms with van der Waals surface area (Å²) in [6.45, 7) is 1.87. The van der Waals surface area contributed by atoms with Crippen molar-refractivity contribution < 1.29 is 17.9 Å². The van der Waals surface area contributed by atoms with Crippen molar-refractivity contribution in [3.8, 4) is 5.75 Å². The Kier molecular flexibility index (Phi) is 5.88. The average molecular weight is 453 g/mol. The molecule has 2 N–H and O–H groups in total. The number of carbonyl (C=O) groups is 1. The van der Waals surface area contributed by atoms with Crippen molar-refractivity contribution in [3.05, 3.63) is 58.1 Å². The molecule has 0 bridgehead atoms. The molecule has 1 aliphatic carbocycles. The summed E-state index contributed by atoms with van der Waals surface area (Å²) in [5.41, 5.74) is 1.21. The highest BCUT2D eigenvalue weighted by atomic mass is 79.9. The number of hydrogen-bond acceptors (Lipinski definition) is 4. The number of ether oxygens (including phenoxy) is 1. The fraction of sp³-hybridized carbons (Fsp3) is 0.316. The van der Waals surface area contributed by atoms with Gasteiger partial charge >= 0.3 is 0 Å². The minimum absolute atomic E-state index is 0.0270. The number of benzene rings is 2. The second kappa shape index (κ2) is 8.00. The van der Waals surface area contributed by atoms with Crippen LogP contribution in [0, 0.1) is 0 Å². The van der Waals surface area contributed by atoms with Gasteiger partial charge in [0.2, 0.25) is 10.0 Å². The summed E-state index contributed by atoms with van der Waals surface area (Å²) in [5, 5.41) is 2.89. The predicted molar refractivity (Wildman–Crippen MR) is 106 cm³/mol. The zero-order valence-corrected chi connectivity index (χ0v) is 17.4. The van der Waals surface area contributed by atoms with E-state index in [1.807, 2.05) is 31.2 Å². The number of hydrogen-bond donors (Lipinski definition) is 2. The normalized spacial score (nSPS) is 15.2. The highest BCUT2D eigenvalue weighted by molar-refractivity contribution is 9.10. The van der Waals surface area contributed by atoms with Crippen molar-refractivity contribution in [2.45, 2.75) is 36.7 Å². The van der Waals surface area contributed by atoms with E-state index in [-0.39, 0.29) is 34.2 Å². The third-order valence-corrected chi connectivity index (χ3v) is 6.40. The average Bonchev–Trinajstić information content (AvgIpc) is 3.44. The van der Waals surface area contributed by atoms with Gasteiger partial charge in [0.1, 0.15) is 10.6 Å². The Balaban J connectivity index is 1.82. The standard InChI is InChI=1S/C19H21BrN2O4S/c1-12(13-3-6-15(20)7-4-13)21-19(23)14-5-10-17(26-2)18(11-14)27(24,25)22-16-8-9-16/h3-7,10-12,16,22H,8-9H2,1-2H3,(H,21,23). The third-order valence-electron chi connectivity index (χ3n) is 4.33. The minimum atomic E-state index is -3.74. The predicted octanol–water partition coefficient (Wildman–Crippen LogP) is 3.39. The van der Waals surface area contributed by atoms with Crippen LogP contribution in [0.2, 0.25) is 0 Å². The van der Waals surface area contributed by atoms with E-state index in [4.69, 9.17) is 4.74 Å². The number of methoxy groups -OCH3 is 1. The highest BCUT2D eigenvalue weighted by Gasteiger charge is 2.30. The summed E-state index contributed by atoms with van der Waals surface area (Å²) in [6.07, 6.45) is 1.65. The van der Waals surface area contributed by atoms with Gasteiger partial charge in [-0.2, -0.15) is 0 Å². The molecule has 6 nitrogen and oxygen atoms in total. The van der Waals surface area contributed by atoms with E-state index in [2.05, 4.69) is 26.0 Å². The van der Waals surface area contributed by atoms with E-state index < -0.39 is 10.0 Å². The molecule has 1 saturated carbocycles. The molecule has 2 aromatic carbocycles. The van der Waals surface area contributed by atoms with Crippen LogP contribution in [0.25, 0.3) is 0 Å². The van der Waals surface area contributed by atoms with Crippen LogP contribution in [0.4, 0.5) is 0 Å². The van der Waals surface area contributed by atoms with Gasteiger partial charge in [0.25, 0.3) is 5.91 Å². The lowest BCUT2D eigenvalue weighted by molar-refractivity contribution is 0.0939. The Labute approximate surface area is 167 Å². The van der Waals surface area contributed by atoms with Crippen LogP contribution in [-0.2, 0) is 10.0 Å². The van der Waals surface area contributed by atoms with Gasteiger partial charge in [-0.15, -0.1) is 0 Å². The fourth-order valence-electron chi connectivity index (χ4n) is 2.63. The Hall–Kier alpha value is -1.90. The van der Waals surface area contributed by atoms with Crippen molar-refractivity contribution >= 4 is 31.9 Å².